The maximum atomic E-state index is 13.2. The molecule has 1 aliphatic rings. The van der Waals surface area contributed by atoms with Gasteiger partial charge in [0.25, 0.3) is 5.24 Å². The molecule has 0 radical (unpaired) electrons. The predicted molar refractivity (Wildman–Crippen MR) is 162 cm³/mol. The van der Waals surface area contributed by atoms with E-state index in [1.807, 2.05) is 54.6 Å². The largest absolute Gasteiger partial charge is 0.508 e. The van der Waals surface area contributed by atoms with Crippen LogP contribution in [0, 0.1) is 0 Å². The molecule has 0 aliphatic carbocycles. The van der Waals surface area contributed by atoms with Crippen molar-refractivity contribution in [2.45, 2.75) is 24.4 Å². The first kappa shape index (κ1) is 27.5. The number of hydrogen-bond donors (Lipinski definition) is 3. The third-order valence-corrected chi connectivity index (χ3v) is 8.15. The maximum Gasteiger partial charge on any atom is 0.282 e. The lowest BCUT2D eigenvalue weighted by Crippen LogP contribution is -2.46. The van der Waals surface area contributed by atoms with Crippen molar-refractivity contribution in [2.75, 3.05) is 24.2 Å². The zero-order chi connectivity index (χ0) is 27.8. The number of hydrogen-bond acceptors (Lipinski definition) is 5. The molecule has 7 heteroatoms. The van der Waals surface area contributed by atoms with Gasteiger partial charge in [-0.05, 0) is 53.8 Å². The number of thioether (sulfide) groups is 1. The van der Waals surface area contributed by atoms with E-state index < -0.39 is 11.6 Å². The quantitative estimate of drug-likeness (QED) is 0.131. The lowest BCUT2D eigenvalue weighted by atomic mass is 9.77. The van der Waals surface area contributed by atoms with Gasteiger partial charge in [-0.15, -0.1) is 0 Å². The van der Waals surface area contributed by atoms with Crippen LogP contribution in [0.1, 0.15) is 29.5 Å². The summed E-state index contributed by atoms with van der Waals surface area (Å²) in [6, 6.07) is 37.0. The van der Waals surface area contributed by atoms with Gasteiger partial charge in [0.15, 0.2) is 0 Å². The van der Waals surface area contributed by atoms with Crippen LogP contribution in [0.5, 0.6) is 5.75 Å². The Labute approximate surface area is 239 Å². The van der Waals surface area contributed by atoms with Crippen molar-refractivity contribution >= 4 is 28.6 Å². The summed E-state index contributed by atoms with van der Waals surface area (Å²) in [6.45, 7) is 1.14. The number of nitrogens with one attached hydrogen (secondary N) is 2. The Morgan fingerprint density at radius 1 is 0.800 bits per heavy atom. The number of likely N-dealkylation sites (tertiary alicyclic amines) is 1. The van der Waals surface area contributed by atoms with Crippen LogP contribution in [0.2, 0.25) is 0 Å². The molecule has 4 aromatic rings. The van der Waals surface area contributed by atoms with Gasteiger partial charge in [0, 0.05) is 24.5 Å². The molecule has 1 unspecified atom stereocenters. The number of nitrogens with zero attached hydrogens (tertiary/aromatic N) is 1. The topological polar surface area (TPSA) is 81.7 Å². The van der Waals surface area contributed by atoms with Gasteiger partial charge in [0.05, 0.1) is 5.54 Å². The van der Waals surface area contributed by atoms with Crippen molar-refractivity contribution in [3.05, 3.63) is 132 Å². The van der Waals surface area contributed by atoms with Crippen LogP contribution in [0.3, 0.4) is 0 Å². The van der Waals surface area contributed by atoms with Crippen LogP contribution in [0.25, 0.3) is 0 Å². The SMILES string of the molecule is O=C(Nc1ccc(O)cc1)C1CCCN1C(=O)SCCNC(c1ccccc1)(c1ccccc1)c1ccccc1. The van der Waals surface area contributed by atoms with E-state index in [2.05, 4.69) is 47.0 Å². The average molecular weight is 552 g/mol. The summed E-state index contributed by atoms with van der Waals surface area (Å²) in [5, 5.41) is 16.1. The fourth-order valence-electron chi connectivity index (χ4n) is 5.36. The summed E-state index contributed by atoms with van der Waals surface area (Å²) < 4.78 is 0. The van der Waals surface area contributed by atoms with Crippen LogP contribution in [0.4, 0.5) is 10.5 Å². The van der Waals surface area contributed by atoms with Gasteiger partial charge in [0.2, 0.25) is 5.91 Å². The second kappa shape index (κ2) is 12.9. The Hall–Kier alpha value is -4.07. The van der Waals surface area contributed by atoms with Crippen molar-refractivity contribution in [1.29, 1.82) is 0 Å². The van der Waals surface area contributed by atoms with E-state index in [4.69, 9.17) is 0 Å². The van der Waals surface area contributed by atoms with Crippen molar-refractivity contribution in [1.82, 2.24) is 10.2 Å². The third-order valence-electron chi connectivity index (χ3n) is 7.26. The molecule has 0 saturated carbocycles. The minimum Gasteiger partial charge on any atom is -0.508 e. The molecular weight excluding hydrogens is 518 g/mol. The van der Waals surface area contributed by atoms with E-state index in [0.29, 0.717) is 31.0 Å². The minimum absolute atomic E-state index is 0.0881. The number of carbonyl (C=O) groups is 2. The van der Waals surface area contributed by atoms with E-state index in [-0.39, 0.29) is 16.9 Å². The second-order valence-electron chi connectivity index (χ2n) is 9.78. The highest BCUT2D eigenvalue weighted by Gasteiger charge is 2.37. The van der Waals surface area contributed by atoms with Crippen molar-refractivity contribution in [3.63, 3.8) is 0 Å². The molecule has 1 saturated heterocycles. The van der Waals surface area contributed by atoms with E-state index in [0.717, 1.165) is 23.1 Å². The molecule has 2 amide bonds. The van der Waals surface area contributed by atoms with Crippen LogP contribution < -0.4 is 10.6 Å². The molecule has 1 aliphatic heterocycles. The summed E-state index contributed by atoms with van der Waals surface area (Å²) >= 11 is 1.24. The molecule has 204 valence electrons. The predicted octanol–water partition coefficient (Wildman–Crippen LogP) is 6.23. The standard InChI is InChI=1S/C33H33N3O3S/c37-29-20-18-28(19-21-29)35-31(38)30-17-10-23-36(30)32(39)40-24-22-34-33(25-11-4-1-5-12-25,26-13-6-2-7-14-26)27-15-8-3-9-16-27/h1-9,11-16,18-21,30,34,37H,10,17,22-24H2,(H,35,38). The van der Waals surface area contributed by atoms with Gasteiger partial charge >= 0.3 is 0 Å². The number of rotatable bonds is 9. The highest BCUT2D eigenvalue weighted by molar-refractivity contribution is 8.13. The monoisotopic (exact) mass is 551 g/mol. The highest BCUT2D eigenvalue weighted by Crippen LogP contribution is 2.36. The van der Waals surface area contributed by atoms with E-state index in [1.54, 1.807) is 17.0 Å². The Balaban J connectivity index is 1.28. The molecule has 5 rings (SSSR count). The Morgan fingerprint density at radius 3 is 1.85 bits per heavy atom. The van der Waals surface area contributed by atoms with Gasteiger partial charge in [-0.25, -0.2) is 0 Å². The normalized spacial score (nSPS) is 15.1. The van der Waals surface area contributed by atoms with Crippen LogP contribution in [-0.2, 0) is 10.3 Å². The number of amides is 2. The highest BCUT2D eigenvalue weighted by atomic mass is 32.2. The molecule has 0 spiro atoms. The third kappa shape index (κ3) is 6.06. The molecule has 1 fully saturated rings. The lowest BCUT2D eigenvalue weighted by molar-refractivity contribution is -0.119. The first-order valence-corrected chi connectivity index (χ1v) is 14.5. The van der Waals surface area contributed by atoms with Crippen molar-refractivity contribution < 1.29 is 14.7 Å². The van der Waals surface area contributed by atoms with Gasteiger partial charge in [-0.3, -0.25) is 14.9 Å². The van der Waals surface area contributed by atoms with E-state index in [1.165, 1.54) is 23.9 Å². The summed E-state index contributed by atoms with van der Waals surface area (Å²) in [6.07, 6.45) is 1.42. The molecule has 6 nitrogen and oxygen atoms in total. The number of phenols is 1. The molecule has 0 bridgehead atoms. The fraction of sp³-hybridized carbons (Fsp3) is 0.212. The smallest absolute Gasteiger partial charge is 0.282 e. The summed E-state index contributed by atoms with van der Waals surface area (Å²) in [4.78, 5) is 27.9. The molecular formula is C33H33N3O3S. The Morgan fingerprint density at radius 2 is 1.32 bits per heavy atom. The first-order valence-electron chi connectivity index (χ1n) is 13.5. The maximum absolute atomic E-state index is 13.2. The number of phenolic OH excluding ortho intramolecular Hbond substituents is 1. The van der Waals surface area contributed by atoms with Crippen LogP contribution in [0.15, 0.2) is 115 Å². The molecule has 1 atom stereocenters. The number of benzene rings is 4. The molecule has 4 aromatic carbocycles. The summed E-state index contributed by atoms with van der Waals surface area (Å²) in [5.74, 6) is 0.485. The number of aromatic hydroxyl groups is 1. The minimum atomic E-state index is -0.590. The summed E-state index contributed by atoms with van der Waals surface area (Å²) in [5.41, 5.74) is 3.36. The molecule has 1 heterocycles. The second-order valence-corrected chi connectivity index (χ2v) is 10.8. The molecule has 3 N–H and O–H groups in total. The van der Waals surface area contributed by atoms with E-state index in [9.17, 15) is 14.7 Å². The fourth-order valence-corrected chi connectivity index (χ4v) is 6.12. The van der Waals surface area contributed by atoms with Crippen molar-refractivity contribution in [3.8, 4) is 5.75 Å². The molecule has 0 aromatic heterocycles. The number of carbonyl (C=O) groups excluding carboxylic acids is 2. The van der Waals surface area contributed by atoms with E-state index >= 15 is 0 Å². The van der Waals surface area contributed by atoms with Crippen LogP contribution >= 0.6 is 11.8 Å². The zero-order valence-electron chi connectivity index (χ0n) is 22.2. The average Bonchev–Trinajstić information content (AvgIpc) is 3.50. The molecule has 40 heavy (non-hydrogen) atoms. The first-order chi connectivity index (χ1) is 19.6. The van der Waals surface area contributed by atoms with Gasteiger partial charge in [0.1, 0.15) is 11.8 Å². The van der Waals surface area contributed by atoms with Crippen LogP contribution in [-0.4, -0.2) is 46.0 Å². The zero-order valence-corrected chi connectivity index (χ0v) is 23.0. The number of anilines is 1. The van der Waals surface area contributed by atoms with Gasteiger partial charge < -0.3 is 15.3 Å². The summed E-state index contributed by atoms with van der Waals surface area (Å²) in [7, 11) is 0. The van der Waals surface area contributed by atoms with Gasteiger partial charge in [-0.1, -0.05) is 103 Å². The Bertz CT molecular complexity index is 1300. The van der Waals surface area contributed by atoms with Gasteiger partial charge in [-0.2, -0.15) is 0 Å². The Kier molecular flexibility index (Phi) is 8.84. The lowest BCUT2D eigenvalue weighted by Gasteiger charge is -2.37. The van der Waals surface area contributed by atoms with Crippen molar-refractivity contribution in [2.24, 2.45) is 0 Å².